The minimum Gasteiger partial charge on any atom is -0.497 e. The van der Waals surface area contributed by atoms with Crippen LogP contribution >= 0.6 is 0 Å². The molecule has 0 N–H and O–H groups in total. The Hall–Kier alpha value is -1.85. The van der Waals surface area contributed by atoms with Gasteiger partial charge in [0.2, 0.25) is 0 Å². The lowest BCUT2D eigenvalue weighted by atomic mass is 10.1. The van der Waals surface area contributed by atoms with Crippen LogP contribution in [0.4, 0.5) is 11.4 Å². The molecule has 0 saturated heterocycles. The Morgan fingerprint density at radius 1 is 1.21 bits per heavy atom. The van der Waals surface area contributed by atoms with Gasteiger partial charge in [-0.05, 0) is 44.1 Å². The molecule has 0 radical (unpaired) electrons. The van der Waals surface area contributed by atoms with Crippen molar-refractivity contribution in [1.29, 1.82) is 0 Å². The number of methoxy groups -OCH3 is 1. The zero-order valence-corrected chi connectivity index (χ0v) is 14.5. The first kappa shape index (κ1) is 10.9. The molecule has 1 heterocycles. The second kappa shape index (κ2) is 6.95. The highest BCUT2D eigenvalue weighted by Gasteiger charge is 2.29. The van der Waals surface area contributed by atoms with Crippen molar-refractivity contribution < 1.29 is 17.2 Å². The molecule has 0 aliphatic carbocycles. The summed E-state index contributed by atoms with van der Waals surface area (Å²) in [5, 5.41) is 0. The summed E-state index contributed by atoms with van der Waals surface area (Å²) in [4.78, 5) is 3.82. The highest BCUT2D eigenvalue weighted by atomic mass is 32.2. The SMILES string of the molecule is [2H]C([2H])([2H])N(CC(C)CN1c2ccccc2S(=O)c2ccc(OC)cc21)C([2H])([2H])[2H]. The van der Waals surface area contributed by atoms with Crippen molar-refractivity contribution in [2.75, 3.05) is 39.1 Å². The van der Waals surface area contributed by atoms with Gasteiger partial charge in [-0.25, -0.2) is 4.21 Å². The van der Waals surface area contributed by atoms with Crippen LogP contribution < -0.4 is 9.64 Å². The van der Waals surface area contributed by atoms with E-state index in [1.807, 2.05) is 23.1 Å². The van der Waals surface area contributed by atoms with Crippen LogP contribution in [0.3, 0.4) is 0 Å². The van der Waals surface area contributed by atoms with E-state index in [-0.39, 0.29) is 12.5 Å². The summed E-state index contributed by atoms with van der Waals surface area (Å²) in [6.07, 6.45) is 0. The van der Waals surface area contributed by atoms with Crippen LogP contribution in [0.25, 0.3) is 0 Å². The van der Waals surface area contributed by atoms with Crippen LogP contribution in [-0.4, -0.2) is 43.3 Å². The van der Waals surface area contributed by atoms with Crippen LogP contribution in [0.15, 0.2) is 52.3 Å². The summed E-state index contributed by atoms with van der Waals surface area (Å²) >= 11 is 0. The third kappa shape index (κ3) is 3.19. The fraction of sp³-hybridized carbons (Fsp3) is 0.368. The zero-order valence-electron chi connectivity index (χ0n) is 19.7. The molecule has 3 rings (SSSR count). The molecular formula is C19H24N2O2S. The van der Waals surface area contributed by atoms with E-state index in [4.69, 9.17) is 13.0 Å². The maximum atomic E-state index is 13.1. The first-order chi connectivity index (χ1) is 13.9. The predicted molar refractivity (Wildman–Crippen MR) is 98.8 cm³/mol. The number of para-hydroxylation sites is 1. The van der Waals surface area contributed by atoms with Gasteiger partial charge in [0.05, 0.1) is 39.1 Å². The lowest BCUT2D eigenvalue weighted by Gasteiger charge is -2.35. The number of nitrogens with zero attached hydrogens (tertiary/aromatic N) is 2. The smallest absolute Gasteiger partial charge is 0.121 e. The monoisotopic (exact) mass is 350 g/mol. The number of ether oxygens (including phenoxy) is 1. The maximum absolute atomic E-state index is 13.1. The van der Waals surface area contributed by atoms with Crippen molar-refractivity contribution in [3.05, 3.63) is 42.5 Å². The van der Waals surface area contributed by atoms with Gasteiger partial charge in [-0.2, -0.15) is 0 Å². The van der Waals surface area contributed by atoms with Crippen molar-refractivity contribution in [3.63, 3.8) is 0 Å². The van der Waals surface area contributed by atoms with E-state index in [1.165, 1.54) is 0 Å². The molecule has 128 valence electrons. The summed E-state index contributed by atoms with van der Waals surface area (Å²) in [5.41, 5.74) is 1.45. The van der Waals surface area contributed by atoms with E-state index in [9.17, 15) is 4.21 Å². The molecule has 5 heteroatoms. The number of benzene rings is 2. The molecule has 2 aromatic rings. The summed E-state index contributed by atoms with van der Waals surface area (Å²) in [6, 6.07) is 12.6. The molecule has 4 nitrogen and oxygen atoms in total. The number of rotatable bonds is 5. The molecule has 0 amide bonds. The molecule has 1 aliphatic heterocycles. The Labute approximate surface area is 154 Å². The van der Waals surface area contributed by atoms with Gasteiger partial charge in [0, 0.05) is 27.4 Å². The molecule has 0 aromatic heterocycles. The summed E-state index contributed by atoms with van der Waals surface area (Å²) < 4.78 is 64.0. The lowest BCUT2D eigenvalue weighted by molar-refractivity contribution is 0.342. The average molecular weight is 351 g/mol. The quantitative estimate of drug-likeness (QED) is 0.826. The molecule has 2 unspecified atom stereocenters. The van der Waals surface area contributed by atoms with E-state index in [1.54, 1.807) is 38.3 Å². The number of anilines is 2. The van der Waals surface area contributed by atoms with Crippen LogP contribution in [0.1, 0.15) is 15.1 Å². The molecule has 2 aromatic carbocycles. The van der Waals surface area contributed by atoms with E-state index in [2.05, 4.69) is 0 Å². The van der Waals surface area contributed by atoms with Gasteiger partial charge in [-0.3, -0.25) is 0 Å². The molecule has 0 fully saturated rings. The molecule has 0 bridgehead atoms. The standard InChI is InChI=1S/C19H24N2O2S/c1-14(12-20(2)3)13-21-16-7-5-6-8-18(16)24(22)19-10-9-15(23-4)11-17(19)21/h5-11,14H,12-13H2,1-4H3/i2D3,3D3. The Morgan fingerprint density at radius 3 is 2.71 bits per heavy atom. The van der Waals surface area contributed by atoms with Crippen molar-refractivity contribution in [2.24, 2.45) is 5.92 Å². The van der Waals surface area contributed by atoms with Crippen molar-refractivity contribution in [3.8, 4) is 5.75 Å². The lowest BCUT2D eigenvalue weighted by Crippen LogP contribution is -2.32. The Balaban J connectivity index is 1.97. The third-order valence-corrected chi connectivity index (χ3v) is 5.49. The van der Waals surface area contributed by atoms with E-state index < -0.39 is 24.8 Å². The van der Waals surface area contributed by atoms with E-state index in [0.29, 0.717) is 32.7 Å². The van der Waals surface area contributed by atoms with Gasteiger partial charge < -0.3 is 14.5 Å². The number of hydrogen-bond acceptors (Lipinski definition) is 4. The van der Waals surface area contributed by atoms with Gasteiger partial charge in [0.15, 0.2) is 0 Å². The van der Waals surface area contributed by atoms with Crippen LogP contribution in [0.5, 0.6) is 5.75 Å². The minimum atomic E-state index is -2.73. The van der Waals surface area contributed by atoms with Gasteiger partial charge in [-0.15, -0.1) is 0 Å². The third-order valence-electron chi connectivity index (χ3n) is 4.00. The Kier molecular flexibility index (Phi) is 3.16. The maximum Gasteiger partial charge on any atom is 0.121 e. The van der Waals surface area contributed by atoms with Crippen LogP contribution in [0, 0.1) is 5.92 Å². The minimum absolute atomic E-state index is 0.145. The highest BCUT2D eigenvalue weighted by molar-refractivity contribution is 7.85. The van der Waals surface area contributed by atoms with Crippen molar-refractivity contribution in [2.45, 2.75) is 16.7 Å². The van der Waals surface area contributed by atoms with Gasteiger partial charge in [0.25, 0.3) is 0 Å². The predicted octanol–water partition coefficient (Wildman–Crippen LogP) is 3.51. The fourth-order valence-electron chi connectivity index (χ4n) is 2.95. The van der Waals surface area contributed by atoms with Crippen molar-refractivity contribution >= 4 is 22.2 Å². The van der Waals surface area contributed by atoms with Crippen LogP contribution in [0.2, 0.25) is 0 Å². The van der Waals surface area contributed by atoms with Crippen LogP contribution in [-0.2, 0) is 10.8 Å². The summed E-state index contributed by atoms with van der Waals surface area (Å²) in [5.74, 6) is 0.291. The van der Waals surface area contributed by atoms with Gasteiger partial charge >= 0.3 is 0 Å². The largest absolute Gasteiger partial charge is 0.497 e. The summed E-state index contributed by atoms with van der Waals surface area (Å²) in [7, 11) is 0.186. The Bertz CT molecular complexity index is 933. The Morgan fingerprint density at radius 2 is 1.96 bits per heavy atom. The molecule has 0 saturated carbocycles. The van der Waals surface area contributed by atoms with Gasteiger partial charge in [-0.1, -0.05) is 19.1 Å². The molecule has 2 atom stereocenters. The highest BCUT2D eigenvalue weighted by Crippen LogP contribution is 2.43. The normalized spacial score (nSPS) is 22.1. The molecule has 0 spiro atoms. The van der Waals surface area contributed by atoms with Gasteiger partial charge in [0.1, 0.15) is 5.75 Å². The molecule has 24 heavy (non-hydrogen) atoms. The van der Waals surface area contributed by atoms with E-state index in [0.717, 1.165) is 5.69 Å². The molecule has 1 aliphatic rings. The second-order valence-electron chi connectivity index (χ2n) is 5.90. The van der Waals surface area contributed by atoms with Crippen molar-refractivity contribution in [1.82, 2.24) is 4.90 Å². The number of hydrogen-bond donors (Lipinski definition) is 0. The van der Waals surface area contributed by atoms with E-state index >= 15 is 0 Å². The fourth-order valence-corrected chi connectivity index (χ4v) is 4.31. The first-order valence-corrected chi connectivity index (χ1v) is 8.82. The first-order valence-electron chi connectivity index (χ1n) is 10.7. The second-order valence-corrected chi connectivity index (χ2v) is 7.31. The number of fused-ring (bicyclic) bond motifs is 2. The molecular weight excluding hydrogens is 320 g/mol. The zero-order chi connectivity index (χ0) is 22.3. The topological polar surface area (TPSA) is 32.8 Å². The summed E-state index contributed by atoms with van der Waals surface area (Å²) in [6.45, 7) is -3.46. The average Bonchev–Trinajstić information content (AvgIpc) is 2.67.